The molecular formula is C9H18N4O5. The van der Waals surface area contributed by atoms with Crippen LogP contribution in [0.15, 0.2) is 0 Å². The lowest BCUT2D eigenvalue weighted by atomic mass is 10.5. The summed E-state index contributed by atoms with van der Waals surface area (Å²) in [5.41, 5.74) is 7.85. The van der Waals surface area contributed by atoms with Crippen LogP contribution in [0.2, 0.25) is 0 Å². The van der Waals surface area contributed by atoms with Crippen molar-refractivity contribution in [2.75, 3.05) is 13.2 Å². The Bertz CT molecular complexity index is 258. The number of hydrogen-bond donors (Lipinski definition) is 4. The van der Waals surface area contributed by atoms with Gasteiger partial charge in [0.1, 0.15) is 0 Å². The number of hydrogen-bond acceptors (Lipinski definition) is 5. The van der Waals surface area contributed by atoms with Gasteiger partial charge < -0.3 is 9.47 Å². The van der Waals surface area contributed by atoms with Crippen LogP contribution in [-0.2, 0) is 9.47 Å². The smallest absolute Gasteiger partial charge is 0.426 e. The quantitative estimate of drug-likeness (QED) is 0.546. The zero-order valence-electron chi connectivity index (χ0n) is 10.4. The van der Waals surface area contributed by atoms with Crippen molar-refractivity contribution in [1.29, 1.82) is 0 Å². The Balaban J connectivity index is 3.59. The standard InChI is InChI=1S/C9H18N4O5/c1-3-5-17-8(15)12-10-7(14)11-13-9(16)18-6-4-2/h3-6H2,1-2H3,(H,12,15)(H,13,16)(H2,10,11,14). The van der Waals surface area contributed by atoms with Crippen LogP contribution in [0.3, 0.4) is 0 Å². The number of nitrogens with one attached hydrogen (secondary N) is 4. The van der Waals surface area contributed by atoms with Gasteiger partial charge in [-0.05, 0) is 12.8 Å². The van der Waals surface area contributed by atoms with E-state index in [0.29, 0.717) is 12.8 Å². The average molecular weight is 262 g/mol. The van der Waals surface area contributed by atoms with E-state index < -0.39 is 18.2 Å². The Morgan fingerprint density at radius 1 is 0.778 bits per heavy atom. The Kier molecular flexibility index (Phi) is 8.78. The van der Waals surface area contributed by atoms with Crippen molar-refractivity contribution >= 4 is 18.2 Å². The predicted octanol–water partition coefficient (Wildman–Crippen LogP) is 0.388. The van der Waals surface area contributed by atoms with Crippen LogP contribution in [0, 0.1) is 0 Å². The SMILES string of the molecule is CCCOC(=O)NNC(=O)NNC(=O)OCCC. The summed E-state index contributed by atoms with van der Waals surface area (Å²) in [6.07, 6.45) is -0.240. The van der Waals surface area contributed by atoms with Gasteiger partial charge in [-0.3, -0.25) is 0 Å². The van der Waals surface area contributed by atoms with Crippen LogP contribution >= 0.6 is 0 Å². The fourth-order valence-electron chi connectivity index (χ4n) is 0.709. The first-order valence-corrected chi connectivity index (χ1v) is 5.51. The highest BCUT2D eigenvalue weighted by atomic mass is 16.6. The van der Waals surface area contributed by atoms with Gasteiger partial charge in [0, 0.05) is 0 Å². The monoisotopic (exact) mass is 262 g/mol. The third-order valence-electron chi connectivity index (χ3n) is 1.43. The van der Waals surface area contributed by atoms with Crippen LogP contribution in [0.4, 0.5) is 14.4 Å². The molecule has 4 amide bonds. The lowest BCUT2D eigenvalue weighted by Gasteiger charge is -2.10. The molecule has 0 aromatic carbocycles. The second kappa shape index (κ2) is 10.00. The first kappa shape index (κ1) is 15.8. The minimum Gasteiger partial charge on any atom is -0.448 e. The number of urea groups is 1. The van der Waals surface area contributed by atoms with Crippen LogP contribution in [0.25, 0.3) is 0 Å². The Hall–Kier alpha value is -2.19. The fourth-order valence-corrected chi connectivity index (χ4v) is 0.709. The summed E-state index contributed by atoms with van der Waals surface area (Å²) in [7, 11) is 0. The molecule has 0 aliphatic heterocycles. The minimum absolute atomic E-state index is 0.247. The minimum atomic E-state index is -0.836. The predicted molar refractivity (Wildman–Crippen MR) is 61.2 cm³/mol. The molecular weight excluding hydrogens is 244 g/mol. The van der Waals surface area contributed by atoms with Crippen LogP contribution in [0.1, 0.15) is 26.7 Å². The number of rotatable bonds is 4. The van der Waals surface area contributed by atoms with E-state index in [-0.39, 0.29) is 13.2 Å². The Morgan fingerprint density at radius 3 is 1.50 bits per heavy atom. The lowest BCUT2D eigenvalue weighted by Crippen LogP contribution is -2.52. The second-order valence-electron chi connectivity index (χ2n) is 3.10. The van der Waals surface area contributed by atoms with Gasteiger partial charge in [-0.1, -0.05) is 13.8 Å². The third kappa shape index (κ3) is 9.07. The van der Waals surface area contributed by atoms with E-state index in [1.165, 1.54) is 0 Å². The van der Waals surface area contributed by atoms with Crippen molar-refractivity contribution in [3.8, 4) is 0 Å². The normalized spacial score (nSPS) is 9.00. The maximum absolute atomic E-state index is 11.0. The molecule has 0 saturated heterocycles. The number of amides is 4. The van der Waals surface area contributed by atoms with E-state index in [0.717, 1.165) is 0 Å². The van der Waals surface area contributed by atoms with Gasteiger partial charge in [0.25, 0.3) is 0 Å². The van der Waals surface area contributed by atoms with Gasteiger partial charge in [0.05, 0.1) is 13.2 Å². The van der Waals surface area contributed by atoms with E-state index in [9.17, 15) is 14.4 Å². The molecule has 0 unspecified atom stereocenters. The van der Waals surface area contributed by atoms with Gasteiger partial charge in [-0.25, -0.2) is 36.1 Å². The van der Waals surface area contributed by atoms with Gasteiger partial charge >= 0.3 is 18.2 Å². The average Bonchev–Trinajstić information content (AvgIpc) is 2.37. The first-order chi connectivity index (χ1) is 8.60. The fraction of sp³-hybridized carbons (Fsp3) is 0.667. The van der Waals surface area contributed by atoms with Crippen molar-refractivity contribution in [3.63, 3.8) is 0 Å². The molecule has 0 saturated carbocycles. The molecule has 0 radical (unpaired) electrons. The van der Waals surface area contributed by atoms with E-state index in [1.54, 1.807) is 0 Å². The zero-order valence-corrected chi connectivity index (χ0v) is 10.4. The highest BCUT2D eigenvalue weighted by molar-refractivity contribution is 5.79. The molecule has 9 heteroatoms. The molecule has 104 valence electrons. The highest BCUT2D eigenvalue weighted by Crippen LogP contribution is 1.81. The molecule has 0 aliphatic carbocycles. The summed E-state index contributed by atoms with van der Waals surface area (Å²) in [5, 5.41) is 0. The summed E-state index contributed by atoms with van der Waals surface area (Å²) in [5.74, 6) is 0. The molecule has 0 bridgehead atoms. The summed E-state index contributed by atoms with van der Waals surface area (Å²) in [6.45, 7) is 4.16. The molecule has 0 atom stereocenters. The van der Waals surface area contributed by atoms with Crippen molar-refractivity contribution in [2.45, 2.75) is 26.7 Å². The number of ether oxygens (including phenoxy) is 2. The molecule has 0 aromatic heterocycles. The number of hydrazine groups is 2. The molecule has 0 aliphatic rings. The van der Waals surface area contributed by atoms with Crippen molar-refractivity contribution in [1.82, 2.24) is 21.7 Å². The van der Waals surface area contributed by atoms with Crippen LogP contribution in [0.5, 0.6) is 0 Å². The number of carbonyl (C=O) groups is 3. The maximum atomic E-state index is 11.0. The van der Waals surface area contributed by atoms with Crippen molar-refractivity contribution in [3.05, 3.63) is 0 Å². The van der Waals surface area contributed by atoms with Crippen LogP contribution in [-0.4, -0.2) is 31.4 Å². The summed E-state index contributed by atoms with van der Waals surface area (Å²) >= 11 is 0. The molecule has 0 rings (SSSR count). The molecule has 0 spiro atoms. The molecule has 0 fully saturated rings. The molecule has 4 N–H and O–H groups in total. The molecule has 0 aromatic rings. The molecule has 9 nitrogen and oxygen atoms in total. The van der Waals surface area contributed by atoms with Gasteiger partial charge in [-0.15, -0.1) is 0 Å². The number of carbonyl (C=O) groups excluding carboxylic acids is 3. The van der Waals surface area contributed by atoms with E-state index >= 15 is 0 Å². The van der Waals surface area contributed by atoms with E-state index in [2.05, 4.69) is 9.47 Å². The molecule has 18 heavy (non-hydrogen) atoms. The first-order valence-electron chi connectivity index (χ1n) is 5.51. The highest BCUT2D eigenvalue weighted by Gasteiger charge is 2.06. The molecule has 0 heterocycles. The largest absolute Gasteiger partial charge is 0.448 e. The Labute approximate surface area is 105 Å². The van der Waals surface area contributed by atoms with Crippen molar-refractivity contribution in [2.24, 2.45) is 0 Å². The third-order valence-corrected chi connectivity index (χ3v) is 1.43. The van der Waals surface area contributed by atoms with Crippen LogP contribution < -0.4 is 21.7 Å². The van der Waals surface area contributed by atoms with Crippen molar-refractivity contribution < 1.29 is 23.9 Å². The summed E-state index contributed by atoms with van der Waals surface area (Å²) in [4.78, 5) is 32.8. The topological polar surface area (TPSA) is 118 Å². The van der Waals surface area contributed by atoms with Gasteiger partial charge in [0.15, 0.2) is 0 Å². The van der Waals surface area contributed by atoms with Gasteiger partial charge in [0.2, 0.25) is 0 Å². The lowest BCUT2D eigenvalue weighted by molar-refractivity contribution is 0.138. The van der Waals surface area contributed by atoms with E-state index in [1.807, 2.05) is 35.6 Å². The second-order valence-corrected chi connectivity index (χ2v) is 3.10. The maximum Gasteiger partial charge on any atom is 0.426 e. The zero-order chi connectivity index (χ0) is 13.8. The van der Waals surface area contributed by atoms with Gasteiger partial charge in [-0.2, -0.15) is 0 Å². The Morgan fingerprint density at radius 2 is 1.17 bits per heavy atom. The summed E-state index contributed by atoms with van der Waals surface area (Å²) < 4.78 is 9.23. The summed E-state index contributed by atoms with van der Waals surface area (Å²) in [6, 6.07) is -0.836. The van der Waals surface area contributed by atoms with E-state index in [4.69, 9.17) is 0 Å².